The molecule has 0 aromatic heterocycles. The summed E-state index contributed by atoms with van der Waals surface area (Å²) in [4.78, 5) is 36.5. The molecule has 0 bridgehead atoms. The first-order chi connectivity index (χ1) is 12.0. The van der Waals surface area contributed by atoms with Gasteiger partial charge in [-0.1, -0.05) is 30.3 Å². The van der Waals surface area contributed by atoms with Crippen molar-refractivity contribution >= 4 is 17.9 Å². The van der Waals surface area contributed by atoms with Gasteiger partial charge < -0.3 is 18.9 Å². The molecule has 1 aliphatic heterocycles. The zero-order chi connectivity index (χ0) is 19.5. The summed E-state index contributed by atoms with van der Waals surface area (Å²) >= 11 is 0. The lowest BCUT2D eigenvalue weighted by molar-refractivity contribution is -0.178. The largest absolute Gasteiger partial charge is 0.457 e. The summed E-state index contributed by atoms with van der Waals surface area (Å²) in [5.41, 5.74) is -0.260. The van der Waals surface area contributed by atoms with Gasteiger partial charge in [0, 0.05) is 19.4 Å². The van der Waals surface area contributed by atoms with Gasteiger partial charge >= 0.3 is 17.9 Å². The molecular formula is C19H24O7. The lowest BCUT2D eigenvalue weighted by Gasteiger charge is -2.24. The van der Waals surface area contributed by atoms with E-state index in [2.05, 4.69) is 0 Å². The van der Waals surface area contributed by atoms with E-state index < -0.39 is 41.5 Å². The van der Waals surface area contributed by atoms with Crippen LogP contribution in [0.25, 0.3) is 0 Å². The van der Waals surface area contributed by atoms with E-state index >= 15 is 0 Å². The van der Waals surface area contributed by atoms with E-state index in [-0.39, 0.29) is 6.42 Å². The van der Waals surface area contributed by atoms with Crippen LogP contribution >= 0.6 is 0 Å². The number of hydrogen-bond acceptors (Lipinski definition) is 7. The molecule has 142 valence electrons. The molecule has 1 saturated heterocycles. The van der Waals surface area contributed by atoms with E-state index in [9.17, 15) is 14.4 Å². The van der Waals surface area contributed by atoms with Crippen molar-refractivity contribution < 1.29 is 33.3 Å². The van der Waals surface area contributed by atoms with Crippen LogP contribution in [-0.4, -0.2) is 35.4 Å². The summed E-state index contributed by atoms with van der Waals surface area (Å²) in [7, 11) is 0. The molecule has 0 N–H and O–H groups in total. The van der Waals surface area contributed by atoms with Gasteiger partial charge in [-0.3, -0.25) is 4.79 Å². The predicted molar refractivity (Wildman–Crippen MR) is 90.8 cm³/mol. The Bertz CT molecular complexity index is 673. The zero-order valence-electron chi connectivity index (χ0n) is 15.6. The average Bonchev–Trinajstić information content (AvgIpc) is 2.76. The normalized spacial score (nSPS) is 20.2. The van der Waals surface area contributed by atoms with Crippen LogP contribution in [0.2, 0.25) is 0 Å². The number of rotatable bonds is 5. The van der Waals surface area contributed by atoms with E-state index in [1.165, 1.54) is 0 Å². The fourth-order valence-corrected chi connectivity index (χ4v) is 2.41. The Labute approximate surface area is 152 Å². The first kappa shape index (κ1) is 19.9. The zero-order valence-corrected chi connectivity index (χ0v) is 15.6. The van der Waals surface area contributed by atoms with Crippen LogP contribution in [0.5, 0.6) is 0 Å². The van der Waals surface area contributed by atoms with Crippen LogP contribution < -0.4 is 0 Å². The molecule has 7 heteroatoms. The molecule has 26 heavy (non-hydrogen) atoms. The van der Waals surface area contributed by atoms with Gasteiger partial charge in [0.05, 0.1) is 6.42 Å². The minimum absolute atomic E-state index is 0.353. The van der Waals surface area contributed by atoms with Crippen molar-refractivity contribution in [3.63, 3.8) is 0 Å². The van der Waals surface area contributed by atoms with Crippen LogP contribution in [-0.2, 0) is 33.3 Å². The number of benzene rings is 1. The Morgan fingerprint density at radius 3 is 2.31 bits per heavy atom. The minimum Gasteiger partial charge on any atom is -0.457 e. The highest BCUT2D eigenvalue weighted by Gasteiger charge is 2.43. The molecule has 0 saturated carbocycles. The van der Waals surface area contributed by atoms with Crippen LogP contribution in [0.4, 0.5) is 0 Å². The second-order valence-electron chi connectivity index (χ2n) is 7.45. The highest BCUT2D eigenvalue weighted by molar-refractivity contribution is 5.85. The highest BCUT2D eigenvalue weighted by atomic mass is 16.8. The van der Waals surface area contributed by atoms with Crippen molar-refractivity contribution in [2.24, 2.45) is 0 Å². The maximum atomic E-state index is 12.5. The van der Waals surface area contributed by atoms with E-state index in [1.807, 2.05) is 0 Å². The molecule has 2 rings (SSSR count). The van der Waals surface area contributed by atoms with Crippen molar-refractivity contribution in [2.45, 2.75) is 64.6 Å². The molecule has 0 spiro atoms. The summed E-state index contributed by atoms with van der Waals surface area (Å²) in [5.74, 6) is -3.18. The van der Waals surface area contributed by atoms with Gasteiger partial charge in [-0.05, 0) is 20.8 Å². The first-order valence-corrected chi connectivity index (χ1v) is 8.35. The maximum Gasteiger partial charge on any atom is 0.352 e. The molecule has 0 amide bonds. The average molecular weight is 364 g/mol. The molecule has 1 fully saturated rings. The quantitative estimate of drug-likeness (QED) is 0.586. The smallest absolute Gasteiger partial charge is 0.352 e. The van der Waals surface area contributed by atoms with Crippen molar-refractivity contribution in [1.82, 2.24) is 0 Å². The lowest BCUT2D eigenvalue weighted by atomic mass is 10.1. The summed E-state index contributed by atoms with van der Waals surface area (Å²) in [6, 6.07) is 8.54. The fourth-order valence-electron chi connectivity index (χ4n) is 2.41. The highest BCUT2D eigenvalue weighted by Crippen LogP contribution is 2.27. The topological polar surface area (TPSA) is 88.1 Å². The summed E-state index contributed by atoms with van der Waals surface area (Å²) in [6.07, 6.45) is -2.64. The summed E-state index contributed by atoms with van der Waals surface area (Å²) < 4.78 is 21.0. The third-order valence-corrected chi connectivity index (χ3v) is 3.36. The molecule has 0 unspecified atom stereocenters. The van der Waals surface area contributed by atoms with E-state index in [1.54, 1.807) is 65.0 Å². The lowest BCUT2D eigenvalue weighted by Crippen LogP contribution is -2.31. The Hall–Kier alpha value is -2.41. The summed E-state index contributed by atoms with van der Waals surface area (Å²) in [5, 5.41) is 0. The van der Waals surface area contributed by atoms with Crippen molar-refractivity contribution in [1.29, 1.82) is 0 Å². The van der Waals surface area contributed by atoms with Crippen molar-refractivity contribution in [3.05, 3.63) is 35.9 Å². The van der Waals surface area contributed by atoms with Gasteiger partial charge in [0.15, 0.2) is 6.10 Å². The SMILES string of the molecule is CC(C)(C)OC(=O)[C@@H](OC(=O)C[C@@H]1OC(C)(C)OC1=O)c1ccccc1. The molecule has 0 radical (unpaired) electrons. The number of cyclic esters (lactones) is 1. The third kappa shape index (κ3) is 5.56. The predicted octanol–water partition coefficient (Wildman–Crippen LogP) is 2.68. The second-order valence-corrected chi connectivity index (χ2v) is 7.45. The molecule has 0 aliphatic carbocycles. The Balaban J connectivity index is 2.10. The Morgan fingerprint density at radius 2 is 1.81 bits per heavy atom. The van der Waals surface area contributed by atoms with E-state index in [0.717, 1.165) is 0 Å². The van der Waals surface area contributed by atoms with Gasteiger partial charge in [0.2, 0.25) is 11.9 Å². The van der Waals surface area contributed by atoms with Crippen LogP contribution in [0.15, 0.2) is 30.3 Å². The number of hydrogen-bond donors (Lipinski definition) is 0. The number of carbonyl (C=O) groups is 3. The molecule has 1 aromatic rings. The molecule has 1 heterocycles. The van der Waals surface area contributed by atoms with Gasteiger partial charge in [-0.2, -0.15) is 0 Å². The van der Waals surface area contributed by atoms with E-state index in [4.69, 9.17) is 18.9 Å². The number of carbonyl (C=O) groups excluding carboxylic acids is 3. The van der Waals surface area contributed by atoms with Gasteiger partial charge in [0.25, 0.3) is 0 Å². The molecule has 1 aromatic carbocycles. The number of ether oxygens (including phenoxy) is 4. The van der Waals surface area contributed by atoms with Crippen LogP contribution in [0, 0.1) is 0 Å². The monoisotopic (exact) mass is 364 g/mol. The van der Waals surface area contributed by atoms with Gasteiger partial charge in [-0.25, -0.2) is 9.59 Å². The minimum atomic E-state index is -1.23. The Kier molecular flexibility index (Phi) is 5.71. The van der Waals surface area contributed by atoms with Crippen molar-refractivity contribution in [3.8, 4) is 0 Å². The van der Waals surface area contributed by atoms with Gasteiger partial charge in [0.1, 0.15) is 5.60 Å². The molecule has 2 atom stereocenters. The number of esters is 3. The maximum absolute atomic E-state index is 12.5. The first-order valence-electron chi connectivity index (χ1n) is 8.35. The second kappa shape index (κ2) is 7.45. The third-order valence-electron chi connectivity index (χ3n) is 3.36. The molecular weight excluding hydrogens is 340 g/mol. The fraction of sp³-hybridized carbons (Fsp3) is 0.526. The van der Waals surface area contributed by atoms with E-state index in [0.29, 0.717) is 5.56 Å². The standard InChI is InChI=1S/C19H24O7/c1-18(2,3)25-17(22)15(12-9-7-6-8-10-12)23-14(20)11-13-16(21)26-19(4,5)24-13/h6-10,13,15H,11H2,1-5H3/t13-,15-/m0/s1. The molecule has 7 nitrogen and oxygen atoms in total. The van der Waals surface area contributed by atoms with Crippen LogP contribution in [0.1, 0.15) is 52.7 Å². The Morgan fingerprint density at radius 1 is 1.19 bits per heavy atom. The molecule has 1 aliphatic rings. The summed E-state index contributed by atoms with van der Waals surface area (Å²) in [6.45, 7) is 8.31. The van der Waals surface area contributed by atoms with Gasteiger partial charge in [-0.15, -0.1) is 0 Å². The van der Waals surface area contributed by atoms with Crippen molar-refractivity contribution in [2.75, 3.05) is 0 Å². The van der Waals surface area contributed by atoms with Crippen LogP contribution in [0.3, 0.4) is 0 Å².